The molecule has 2 heterocycles. The molecule has 0 radical (unpaired) electrons. The minimum atomic E-state index is -0.334. The van der Waals surface area contributed by atoms with E-state index in [0.29, 0.717) is 22.0 Å². The summed E-state index contributed by atoms with van der Waals surface area (Å²) in [6.45, 7) is 1.95. The van der Waals surface area contributed by atoms with Crippen molar-refractivity contribution in [3.63, 3.8) is 0 Å². The summed E-state index contributed by atoms with van der Waals surface area (Å²) in [5.74, 6) is -0.275. The molecule has 4 nitrogen and oxygen atoms in total. The molecule has 0 fully saturated rings. The second kappa shape index (κ2) is 5.58. The first kappa shape index (κ1) is 14.2. The van der Waals surface area contributed by atoms with Crippen molar-refractivity contribution in [3.8, 4) is 16.5 Å². The predicted molar refractivity (Wildman–Crippen MR) is 82.1 cm³/mol. The highest BCUT2D eigenvalue weighted by molar-refractivity contribution is 7.12. The fourth-order valence-electron chi connectivity index (χ4n) is 2.34. The van der Waals surface area contributed by atoms with E-state index in [4.69, 9.17) is 16.3 Å². The molecule has 3 rings (SSSR count). The van der Waals surface area contributed by atoms with Crippen molar-refractivity contribution in [2.45, 2.75) is 25.7 Å². The molecule has 6 heteroatoms. The van der Waals surface area contributed by atoms with Crippen molar-refractivity contribution in [2.24, 2.45) is 0 Å². The SMILES string of the molecule is CCC1CC(=O)Oc2nc(-c3ccc(Cl)cc3)sc(=O)c21. The number of benzene rings is 1. The van der Waals surface area contributed by atoms with Crippen LogP contribution in [0.4, 0.5) is 0 Å². The average Bonchev–Trinajstić information content (AvgIpc) is 2.46. The third-order valence-corrected chi connectivity index (χ3v) is 4.64. The zero-order valence-electron chi connectivity index (χ0n) is 11.3. The van der Waals surface area contributed by atoms with Gasteiger partial charge in [0.2, 0.25) is 10.6 Å². The van der Waals surface area contributed by atoms with Crippen LogP contribution >= 0.6 is 22.9 Å². The first-order valence-corrected chi connectivity index (χ1v) is 7.79. The van der Waals surface area contributed by atoms with Crippen LogP contribution in [0, 0.1) is 0 Å². The van der Waals surface area contributed by atoms with Gasteiger partial charge in [0.15, 0.2) is 0 Å². The van der Waals surface area contributed by atoms with Gasteiger partial charge in [-0.1, -0.05) is 42.0 Å². The van der Waals surface area contributed by atoms with Gasteiger partial charge in [0, 0.05) is 16.5 Å². The van der Waals surface area contributed by atoms with Crippen molar-refractivity contribution < 1.29 is 9.53 Å². The molecule has 1 aliphatic heterocycles. The Hall–Kier alpha value is -1.72. The number of halogens is 1. The highest BCUT2D eigenvalue weighted by Crippen LogP contribution is 2.35. The molecule has 1 unspecified atom stereocenters. The van der Waals surface area contributed by atoms with Crippen LogP contribution < -0.4 is 9.48 Å². The van der Waals surface area contributed by atoms with Crippen LogP contribution in [0.5, 0.6) is 5.88 Å². The molecule has 0 saturated carbocycles. The van der Waals surface area contributed by atoms with Gasteiger partial charge in [-0.2, -0.15) is 0 Å². The Balaban J connectivity index is 2.13. The van der Waals surface area contributed by atoms with Crippen molar-refractivity contribution in [1.29, 1.82) is 0 Å². The lowest BCUT2D eigenvalue weighted by atomic mass is 9.94. The molecule has 1 aromatic carbocycles. The zero-order valence-corrected chi connectivity index (χ0v) is 12.8. The summed E-state index contributed by atoms with van der Waals surface area (Å²) in [6, 6.07) is 7.04. The smallest absolute Gasteiger partial charge is 0.313 e. The van der Waals surface area contributed by atoms with Crippen molar-refractivity contribution in [2.75, 3.05) is 0 Å². The van der Waals surface area contributed by atoms with Crippen LogP contribution in [0.1, 0.15) is 31.2 Å². The zero-order chi connectivity index (χ0) is 15.0. The second-order valence-corrected chi connectivity index (χ2v) is 6.21. The summed E-state index contributed by atoms with van der Waals surface area (Å²) < 4.78 is 5.07. The molecule has 0 amide bonds. The topological polar surface area (TPSA) is 56.3 Å². The summed E-state index contributed by atoms with van der Waals surface area (Å²) >= 11 is 6.92. The Morgan fingerprint density at radius 3 is 2.71 bits per heavy atom. The number of aromatic nitrogens is 1. The summed E-state index contributed by atoms with van der Waals surface area (Å²) in [4.78, 5) is 28.3. The molecular weight excluding hydrogens is 310 g/mol. The highest BCUT2D eigenvalue weighted by atomic mass is 35.5. The molecule has 1 atom stereocenters. The largest absolute Gasteiger partial charge is 0.407 e. The Bertz CT molecular complexity index is 755. The van der Waals surface area contributed by atoms with Crippen LogP contribution in [0.15, 0.2) is 29.1 Å². The van der Waals surface area contributed by atoms with Crippen LogP contribution in [-0.2, 0) is 4.79 Å². The number of carbonyl (C=O) groups excluding carboxylic acids is 1. The summed E-state index contributed by atoms with van der Waals surface area (Å²) in [7, 11) is 0. The Morgan fingerprint density at radius 1 is 1.33 bits per heavy atom. The molecule has 0 bridgehead atoms. The van der Waals surface area contributed by atoms with Crippen LogP contribution in [0.3, 0.4) is 0 Å². The third kappa shape index (κ3) is 2.71. The van der Waals surface area contributed by atoms with Gasteiger partial charge in [0.25, 0.3) is 0 Å². The Morgan fingerprint density at radius 2 is 2.05 bits per heavy atom. The van der Waals surface area contributed by atoms with E-state index in [1.165, 1.54) is 0 Å². The number of hydrogen-bond acceptors (Lipinski definition) is 5. The molecular formula is C15H12ClNO3S. The van der Waals surface area contributed by atoms with Crippen LogP contribution in [0.2, 0.25) is 5.02 Å². The predicted octanol–water partition coefficient (Wildman–Crippen LogP) is 3.63. The maximum absolute atomic E-state index is 12.4. The number of esters is 1. The van der Waals surface area contributed by atoms with E-state index in [2.05, 4.69) is 4.98 Å². The lowest BCUT2D eigenvalue weighted by molar-refractivity contribution is -0.136. The lowest BCUT2D eigenvalue weighted by Crippen LogP contribution is -2.25. The Labute approximate surface area is 130 Å². The molecule has 0 spiro atoms. The molecule has 0 aliphatic carbocycles. The van der Waals surface area contributed by atoms with E-state index in [1.807, 2.05) is 6.92 Å². The number of fused-ring (bicyclic) bond motifs is 1. The standard InChI is InChI=1S/C15H12ClNO3S/c1-2-8-7-11(18)20-13-12(8)15(19)21-14(17-13)9-3-5-10(16)6-4-9/h3-6,8H,2,7H2,1H3. The van der Waals surface area contributed by atoms with Gasteiger partial charge in [0.05, 0.1) is 12.0 Å². The average molecular weight is 322 g/mol. The minimum absolute atomic E-state index is 0.0932. The second-order valence-electron chi connectivity index (χ2n) is 4.82. The number of nitrogens with zero attached hydrogens (tertiary/aromatic N) is 1. The first-order chi connectivity index (χ1) is 10.1. The molecule has 108 valence electrons. The van der Waals surface area contributed by atoms with Crippen LogP contribution in [-0.4, -0.2) is 11.0 Å². The maximum Gasteiger partial charge on any atom is 0.313 e. The number of hydrogen-bond donors (Lipinski definition) is 0. The van der Waals surface area contributed by atoms with E-state index in [-0.39, 0.29) is 28.9 Å². The van der Waals surface area contributed by atoms with Crippen molar-refractivity contribution in [3.05, 3.63) is 44.4 Å². The molecule has 2 aromatic rings. The normalized spacial score (nSPS) is 17.2. The Kier molecular flexibility index (Phi) is 3.78. The quantitative estimate of drug-likeness (QED) is 0.793. The molecule has 0 saturated heterocycles. The van der Waals surface area contributed by atoms with Gasteiger partial charge in [-0.3, -0.25) is 9.59 Å². The molecule has 21 heavy (non-hydrogen) atoms. The van der Waals surface area contributed by atoms with Gasteiger partial charge in [-0.05, 0) is 18.6 Å². The minimum Gasteiger partial charge on any atom is -0.407 e. The van der Waals surface area contributed by atoms with Gasteiger partial charge < -0.3 is 4.74 Å². The van der Waals surface area contributed by atoms with Gasteiger partial charge in [0.1, 0.15) is 5.01 Å². The van der Waals surface area contributed by atoms with E-state index >= 15 is 0 Å². The molecule has 0 N–H and O–H groups in total. The number of carbonyl (C=O) groups is 1. The van der Waals surface area contributed by atoms with E-state index in [0.717, 1.165) is 16.9 Å². The summed E-state index contributed by atoms with van der Waals surface area (Å²) in [5.41, 5.74) is 1.30. The first-order valence-electron chi connectivity index (χ1n) is 6.60. The summed E-state index contributed by atoms with van der Waals surface area (Å²) in [5, 5.41) is 1.14. The van der Waals surface area contributed by atoms with Gasteiger partial charge in [-0.15, -0.1) is 0 Å². The van der Waals surface area contributed by atoms with Crippen molar-refractivity contribution in [1.82, 2.24) is 4.98 Å². The van der Waals surface area contributed by atoms with Gasteiger partial charge >= 0.3 is 5.97 Å². The lowest BCUT2D eigenvalue weighted by Gasteiger charge is -2.21. The molecule has 1 aromatic heterocycles. The van der Waals surface area contributed by atoms with Gasteiger partial charge in [-0.25, -0.2) is 4.98 Å². The maximum atomic E-state index is 12.4. The van der Waals surface area contributed by atoms with E-state index in [9.17, 15) is 9.59 Å². The monoisotopic (exact) mass is 321 g/mol. The van der Waals surface area contributed by atoms with Crippen molar-refractivity contribution >= 4 is 28.9 Å². The number of ether oxygens (including phenoxy) is 1. The fourth-order valence-corrected chi connectivity index (χ4v) is 3.39. The summed E-state index contributed by atoms with van der Waals surface area (Å²) in [6.07, 6.45) is 0.958. The highest BCUT2D eigenvalue weighted by Gasteiger charge is 2.30. The van der Waals surface area contributed by atoms with E-state index < -0.39 is 0 Å². The number of rotatable bonds is 2. The molecule has 1 aliphatic rings. The van der Waals surface area contributed by atoms with E-state index in [1.54, 1.807) is 24.3 Å². The fraction of sp³-hybridized carbons (Fsp3) is 0.267. The third-order valence-electron chi connectivity index (χ3n) is 3.46. The van der Waals surface area contributed by atoms with Crippen LogP contribution in [0.25, 0.3) is 10.6 Å².